The number of alkyl halides is 3. The van der Waals surface area contributed by atoms with Gasteiger partial charge in [0.15, 0.2) is 11.5 Å². The van der Waals surface area contributed by atoms with Crippen LogP contribution in [-0.2, 0) is 6.18 Å². The van der Waals surface area contributed by atoms with Gasteiger partial charge in [-0.05, 0) is 59.3 Å². The Morgan fingerprint density at radius 2 is 1.58 bits per heavy atom. The highest BCUT2D eigenvalue weighted by molar-refractivity contribution is 6.12. The first kappa shape index (κ1) is 24.8. The van der Waals surface area contributed by atoms with E-state index in [1.54, 1.807) is 75.0 Å². The highest BCUT2D eigenvalue weighted by Gasteiger charge is 2.31. The summed E-state index contributed by atoms with van der Waals surface area (Å²) in [7, 11) is 3.09. The average molecular weight is 519 g/mol. The van der Waals surface area contributed by atoms with Gasteiger partial charge < -0.3 is 19.5 Å². The van der Waals surface area contributed by atoms with Crippen molar-refractivity contribution in [3.05, 3.63) is 90.3 Å². The maximum absolute atomic E-state index is 13.0. The molecule has 2 heterocycles. The number of aromatic nitrogens is 2. The fraction of sp³-hybridized carbons (Fsp3) is 0.107. The molecule has 10 heteroatoms. The number of hydrogen-bond acceptors (Lipinski definition) is 6. The molecule has 192 valence electrons. The Hall–Kier alpha value is -4.86. The summed E-state index contributed by atoms with van der Waals surface area (Å²) in [4.78, 5) is 21.1. The Morgan fingerprint density at radius 1 is 0.816 bits per heavy atom. The Kier molecular flexibility index (Phi) is 6.46. The lowest BCUT2D eigenvalue weighted by Crippen LogP contribution is -2.14. The predicted octanol–water partition coefficient (Wildman–Crippen LogP) is 6.86. The topological polar surface area (TPSA) is 82.6 Å². The van der Waals surface area contributed by atoms with Crippen molar-refractivity contribution in [3.63, 3.8) is 0 Å². The number of nitrogens with one attached hydrogen (secondary N) is 1. The second kappa shape index (κ2) is 9.89. The van der Waals surface area contributed by atoms with Crippen LogP contribution in [0.2, 0.25) is 0 Å². The SMILES string of the molecule is COc1cc2nccc(Oc3ccc4c(C(=O)Nc5cc(C(F)(F)F)ccn5)cccc4c3)c2cc1OC. The van der Waals surface area contributed by atoms with Gasteiger partial charge in [0.2, 0.25) is 0 Å². The Labute approximate surface area is 214 Å². The first-order chi connectivity index (χ1) is 18.3. The van der Waals surface area contributed by atoms with Crippen molar-refractivity contribution in [1.82, 2.24) is 9.97 Å². The molecular weight excluding hydrogens is 499 g/mol. The number of rotatable bonds is 6. The van der Waals surface area contributed by atoms with E-state index in [1.165, 1.54) is 0 Å². The second-order valence-electron chi connectivity index (χ2n) is 8.21. The second-order valence-corrected chi connectivity index (χ2v) is 8.21. The fourth-order valence-corrected chi connectivity index (χ4v) is 4.05. The summed E-state index contributed by atoms with van der Waals surface area (Å²) in [5.74, 6) is 1.34. The lowest BCUT2D eigenvalue weighted by Gasteiger charge is -2.13. The molecule has 7 nitrogen and oxygen atoms in total. The van der Waals surface area contributed by atoms with Gasteiger partial charge in [-0.3, -0.25) is 9.78 Å². The third-order valence-corrected chi connectivity index (χ3v) is 5.86. The number of amides is 1. The molecule has 5 aromatic rings. The number of halogens is 3. The molecule has 0 aliphatic rings. The maximum Gasteiger partial charge on any atom is 0.416 e. The van der Waals surface area contributed by atoms with Crippen molar-refractivity contribution in [2.24, 2.45) is 0 Å². The number of benzene rings is 3. The minimum absolute atomic E-state index is 0.196. The van der Waals surface area contributed by atoms with Gasteiger partial charge in [-0.25, -0.2) is 4.98 Å². The van der Waals surface area contributed by atoms with Crippen molar-refractivity contribution in [2.45, 2.75) is 6.18 Å². The van der Waals surface area contributed by atoms with E-state index in [0.717, 1.165) is 18.3 Å². The quantitative estimate of drug-likeness (QED) is 0.264. The summed E-state index contributed by atoms with van der Waals surface area (Å²) in [5.41, 5.74) is 0.0322. The van der Waals surface area contributed by atoms with Crippen LogP contribution in [0.25, 0.3) is 21.7 Å². The van der Waals surface area contributed by atoms with Gasteiger partial charge in [-0.2, -0.15) is 13.2 Å². The molecule has 1 amide bonds. The van der Waals surface area contributed by atoms with Gasteiger partial charge in [-0.1, -0.05) is 12.1 Å². The van der Waals surface area contributed by atoms with Crippen LogP contribution in [-0.4, -0.2) is 30.1 Å². The molecule has 38 heavy (non-hydrogen) atoms. The minimum atomic E-state index is -4.55. The molecule has 3 aromatic carbocycles. The minimum Gasteiger partial charge on any atom is -0.493 e. The summed E-state index contributed by atoms with van der Waals surface area (Å²) in [6.45, 7) is 0. The highest BCUT2D eigenvalue weighted by atomic mass is 19.4. The van der Waals surface area contributed by atoms with Crippen molar-refractivity contribution in [3.8, 4) is 23.0 Å². The first-order valence-electron chi connectivity index (χ1n) is 11.3. The van der Waals surface area contributed by atoms with Crippen LogP contribution < -0.4 is 19.5 Å². The number of ether oxygens (including phenoxy) is 3. The Morgan fingerprint density at radius 3 is 2.34 bits per heavy atom. The molecule has 0 aliphatic carbocycles. The summed E-state index contributed by atoms with van der Waals surface area (Å²) < 4.78 is 56.0. The Balaban J connectivity index is 1.44. The molecule has 0 unspecified atom stereocenters. The zero-order valence-corrected chi connectivity index (χ0v) is 20.2. The molecule has 0 saturated heterocycles. The van der Waals surface area contributed by atoms with Gasteiger partial charge in [0.25, 0.3) is 5.91 Å². The highest BCUT2D eigenvalue weighted by Crippen LogP contribution is 2.37. The monoisotopic (exact) mass is 519 g/mol. The first-order valence-corrected chi connectivity index (χ1v) is 11.3. The van der Waals surface area contributed by atoms with Gasteiger partial charge in [-0.15, -0.1) is 0 Å². The van der Waals surface area contributed by atoms with Gasteiger partial charge in [0, 0.05) is 29.4 Å². The van der Waals surface area contributed by atoms with Gasteiger partial charge >= 0.3 is 6.18 Å². The van der Waals surface area contributed by atoms with Crippen molar-refractivity contribution in [1.29, 1.82) is 0 Å². The normalized spacial score (nSPS) is 11.4. The molecular formula is C28H20F3N3O4. The molecule has 0 aliphatic heterocycles. The zero-order chi connectivity index (χ0) is 26.9. The van der Waals surface area contributed by atoms with Crippen LogP contribution in [0.15, 0.2) is 79.1 Å². The number of hydrogen-bond donors (Lipinski definition) is 1. The van der Waals surface area contributed by atoms with Crippen LogP contribution >= 0.6 is 0 Å². The third kappa shape index (κ3) is 4.88. The van der Waals surface area contributed by atoms with Gasteiger partial charge in [0.05, 0.1) is 25.3 Å². The van der Waals surface area contributed by atoms with E-state index in [2.05, 4.69) is 15.3 Å². The standard InChI is InChI=1S/C28H20F3N3O4/c1-36-24-14-21-22(15-25(24)37-2)32-11-9-23(21)38-18-6-7-19-16(12-18)4-3-5-20(19)27(35)34-26-13-17(8-10-33-26)28(29,30)31/h3-15H,1-2H3,(H,33,34,35). The summed E-state index contributed by atoms with van der Waals surface area (Å²) in [6, 6.07) is 17.1. The predicted molar refractivity (Wildman–Crippen MR) is 136 cm³/mol. The molecule has 0 bridgehead atoms. The molecule has 0 spiro atoms. The maximum atomic E-state index is 13.0. The van der Waals surface area contributed by atoms with Crippen molar-refractivity contribution >= 4 is 33.4 Å². The van der Waals surface area contributed by atoms with Crippen LogP contribution in [0.3, 0.4) is 0 Å². The molecule has 5 rings (SSSR count). The molecule has 0 radical (unpaired) electrons. The number of nitrogens with zero attached hydrogens (tertiary/aromatic N) is 2. The van der Waals surface area contributed by atoms with Crippen LogP contribution in [0.1, 0.15) is 15.9 Å². The molecule has 0 fully saturated rings. The largest absolute Gasteiger partial charge is 0.493 e. The summed E-state index contributed by atoms with van der Waals surface area (Å²) in [5, 5.41) is 4.45. The van der Waals surface area contributed by atoms with E-state index in [9.17, 15) is 18.0 Å². The molecule has 2 aromatic heterocycles. The number of fused-ring (bicyclic) bond motifs is 2. The molecule has 0 atom stereocenters. The summed E-state index contributed by atoms with van der Waals surface area (Å²) >= 11 is 0. The fourth-order valence-electron chi connectivity index (χ4n) is 4.05. The molecule has 0 saturated carbocycles. The van der Waals surface area contributed by atoms with E-state index < -0.39 is 17.6 Å². The van der Waals surface area contributed by atoms with E-state index in [0.29, 0.717) is 44.7 Å². The van der Waals surface area contributed by atoms with E-state index in [4.69, 9.17) is 14.2 Å². The smallest absolute Gasteiger partial charge is 0.416 e. The lowest BCUT2D eigenvalue weighted by molar-refractivity contribution is -0.137. The van der Waals surface area contributed by atoms with Crippen molar-refractivity contribution < 1.29 is 32.2 Å². The molecule has 1 N–H and O–H groups in total. The zero-order valence-electron chi connectivity index (χ0n) is 20.2. The number of carbonyl (C=O) groups is 1. The van der Waals surface area contributed by atoms with E-state index >= 15 is 0 Å². The van der Waals surface area contributed by atoms with E-state index in [1.807, 2.05) is 0 Å². The van der Waals surface area contributed by atoms with Crippen molar-refractivity contribution in [2.75, 3.05) is 19.5 Å². The van der Waals surface area contributed by atoms with Crippen LogP contribution in [0.4, 0.5) is 19.0 Å². The number of carbonyl (C=O) groups excluding carboxylic acids is 1. The number of pyridine rings is 2. The van der Waals surface area contributed by atoms with Crippen LogP contribution in [0, 0.1) is 0 Å². The Bertz CT molecular complexity index is 1670. The average Bonchev–Trinajstić information content (AvgIpc) is 2.91. The third-order valence-electron chi connectivity index (χ3n) is 5.86. The van der Waals surface area contributed by atoms with Crippen LogP contribution in [0.5, 0.6) is 23.0 Å². The van der Waals surface area contributed by atoms with E-state index in [-0.39, 0.29) is 11.4 Å². The summed E-state index contributed by atoms with van der Waals surface area (Å²) in [6.07, 6.45) is -1.93. The van der Waals surface area contributed by atoms with Gasteiger partial charge in [0.1, 0.15) is 17.3 Å². The number of methoxy groups -OCH3 is 2. The lowest BCUT2D eigenvalue weighted by atomic mass is 10.0. The number of anilines is 1.